The molecular weight excluding hydrogens is 588 g/mol. The van der Waals surface area contributed by atoms with Crippen LogP contribution >= 0.6 is 0 Å². The number of aromatic hydroxyl groups is 2. The Labute approximate surface area is 269 Å². The number of fused-ring (bicyclic) bond motifs is 1. The summed E-state index contributed by atoms with van der Waals surface area (Å²) < 4.78 is 21.6. The van der Waals surface area contributed by atoms with Crippen LogP contribution in [0, 0.1) is 0 Å². The largest absolute Gasteiger partial charge is 0.504 e. The zero-order chi connectivity index (χ0) is 32.1. The minimum atomic E-state index is -0.625. The molecule has 0 saturated heterocycles. The molecule has 10 nitrogen and oxygen atoms in total. The normalized spacial score (nSPS) is 12.0. The molecule has 10 heteroatoms. The van der Waals surface area contributed by atoms with E-state index in [-0.39, 0.29) is 32.1 Å². The Balaban J connectivity index is 0.000000247. The standard InChI is InChI=1S/C19H21NO4.C16H17NO4.CH4/c1-19(2)23-16-9-8-14(12-17(16)24-19)10-11-20-18(21)22-13-15-6-4-3-5-7-15;18-14-7-6-12(10-15(14)19)8-9-17-16(20)21-11-13-4-2-1-3-5-13;/h3-9,12H,10-11,13H2,1-2H3,(H,20,21);1-7,10,18-19H,8-9,11H2,(H,17,20);1H4. The lowest BCUT2D eigenvalue weighted by atomic mass is 10.1. The molecule has 0 radical (unpaired) electrons. The maximum Gasteiger partial charge on any atom is 0.407 e. The summed E-state index contributed by atoms with van der Waals surface area (Å²) in [5.74, 6) is 0.539. The molecule has 4 N–H and O–H groups in total. The average molecular weight is 631 g/mol. The Morgan fingerprint density at radius 3 is 1.63 bits per heavy atom. The van der Waals surface area contributed by atoms with Gasteiger partial charge in [-0.3, -0.25) is 0 Å². The van der Waals surface area contributed by atoms with E-state index in [0.29, 0.717) is 25.9 Å². The summed E-state index contributed by atoms with van der Waals surface area (Å²) in [7, 11) is 0. The molecule has 1 heterocycles. The smallest absolute Gasteiger partial charge is 0.407 e. The number of hydrogen-bond donors (Lipinski definition) is 4. The van der Waals surface area contributed by atoms with E-state index < -0.39 is 18.0 Å². The number of phenols is 2. The highest BCUT2D eigenvalue weighted by Gasteiger charge is 2.31. The van der Waals surface area contributed by atoms with E-state index in [4.69, 9.17) is 18.9 Å². The van der Waals surface area contributed by atoms with Crippen molar-refractivity contribution in [3.63, 3.8) is 0 Å². The fraction of sp³-hybridized carbons (Fsp3) is 0.278. The molecule has 1 aliphatic heterocycles. The highest BCUT2D eigenvalue weighted by molar-refractivity contribution is 5.67. The van der Waals surface area contributed by atoms with Crippen LogP contribution in [-0.4, -0.2) is 41.3 Å². The van der Waals surface area contributed by atoms with E-state index in [1.807, 2.05) is 92.7 Å². The average Bonchev–Trinajstić information content (AvgIpc) is 3.35. The van der Waals surface area contributed by atoms with Crippen molar-refractivity contribution in [3.8, 4) is 23.0 Å². The van der Waals surface area contributed by atoms with Crippen molar-refractivity contribution in [3.05, 3.63) is 119 Å². The maximum absolute atomic E-state index is 11.7. The molecule has 0 fully saturated rings. The molecule has 0 saturated carbocycles. The van der Waals surface area contributed by atoms with Crippen LogP contribution < -0.4 is 20.1 Å². The van der Waals surface area contributed by atoms with Gasteiger partial charge in [0.25, 0.3) is 0 Å². The number of carbonyl (C=O) groups is 2. The number of hydrogen-bond acceptors (Lipinski definition) is 8. The first-order chi connectivity index (χ1) is 21.7. The van der Waals surface area contributed by atoms with E-state index in [1.165, 1.54) is 12.1 Å². The summed E-state index contributed by atoms with van der Waals surface area (Å²) in [6.45, 7) is 5.13. The van der Waals surface area contributed by atoms with E-state index >= 15 is 0 Å². The lowest BCUT2D eigenvalue weighted by Gasteiger charge is -2.16. The number of carbonyl (C=O) groups excluding carboxylic acids is 2. The molecule has 0 aromatic heterocycles. The minimum Gasteiger partial charge on any atom is -0.504 e. The number of nitrogens with one attached hydrogen (secondary N) is 2. The number of rotatable bonds is 10. The molecule has 2 amide bonds. The first-order valence-corrected chi connectivity index (χ1v) is 14.6. The van der Waals surface area contributed by atoms with Crippen molar-refractivity contribution in [1.29, 1.82) is 0 Å². The van der Waals surface area contributed by atoms with Crippen LogP contribution in [0.15, 0.2) is 97.1 Å². The van der Waals surface area contributed by atoms with Crippen LogP contribution in [0.25, 0.3) is 0 Å². The molecule has 0 atom stereocenters. The number of phenolic OH excluding ortho intramolecular Hbond substituents is 2. The van der Waals surface area contributed by atoms with Gasteiger partial charge in [-0.25, -0.2) is 9.59 Å². The van der Waals surface area contributed by atoms with E-state index in [2.05, 4.69) is 10.6 Å². The highest BCUT2D eigenvalue weighted by Crippen LogP contribution is 2.39. The summed E-state index contributed by atoms with van der Waals surface area (Å²) in [5, 5.41) is 23.9. The molecule has 0 aliphatic carbocycles. The summed E-state index contributed by atoms with van der Waals surface area (Å²) in [5.41, 5.74) is 3.77. The fourth-order valence-corrected chi connectivity index (χ4v) is 4.31. The SMILES string of the molecule is C.CC1(C)Oc2ccc(CCNC(=O)OCc3ccccc3)cc2O1.O=C(NCCc1ccc(O)c(O)c1)OCc1ccccc1. The molecule has 244 valence electrons. The lowest BCUT2D eigenvalue weighted by molar-refractivity contribution is -0.0431. The highest BCUT2D eigenvalue weighted by atomic mass is 16.7. The zero-order valence-corrected chi connectivity index (χ0v) is 25.3. The molecule has 0 unspecified atom stereocenters. The predicted molar refractivity (Wildman–Crippen MR) is 175 cm³/mol. The Kier molecular flexibility index (Phi) is 13.1. The predicted octanol–water partition coefficient (Wildman–Crippen LogP) is 6.87. The Morgan fingerprint density at radius 2 is 1.11 bits per heavy atom. The molecule has 4 aromatic carbocycles. The van der Waals surface area contributed by atoms with E-state index in [9.17, 15) is 19.8 Å². The number of ether oxygens (including phenoxy) is 4. The third-order valence-electron chi connectivity index (χ3n) is 6.55. The summed E-state index contributed by atoms with van der Waals surface area (Å²) >= 11 is 0. The summed E-state index contributed by atoms with van der Waals surface area (Å²) in [6, 6.07) is 29.4. The van der Waals surface area contributed by atoms with Crippen LogP contribution in [-0.2, 0) is 35.5 Å². The molecule has 0 bridgehead atoms. The van der Waals surface area contributed by atoms with Gasteiger partial charge in [0.05, 0.1) is 0 Å². The number of amides is 2. The van der Waals surface area contributed by atoms with Gasteiger partial charge in [0.1, 0.15) is 13.2 Å². The first kappa shape index (κ1) is 35.1. The van der Waals surface area contributed by atoms with Gasteiger partial charge in [-0.2, -0.15) is 0 Å². The lowest BCUT2D eigenvalue weighted by Crippen LogP contribution is -2.29. The Hall–Kier alpha value is -5.38. The van der Waals surface area contributed by atoms with Crippen molar-refractivity contribution in [2.24, 2.45) is 0 Å². The topological polar surface area (TPSA) is 136 Å². The maximum atomic E-state index is 11.7. The van der Waals surface area contributed by atoms with Crippen molar-refractivity contribution >= 4 is 12.2 Å². The number of alkyl carbamates (subject to hydrolysis) is 2. The van der Waals surface area contributed by atoms with Crippen LogP contribution in [0.2, 0.25) is 0 Å². The van der Waals surface area contributed by atoms with Crippen molar-refractivity contribution in [1.82, 2.24) is 10.6 Å². The Morgan fingerprint density at radius 1 is 0.630 bits per heavy atom. The van der Waals surface area contributed by atoms with Gasteiger partial charge in [0.15, 0.2) is 23.0 Å². The van der Waals surface area contributed by atoms with Gasteiger partial charge in [-0.15, -0.1) is 0 Å². The van der Waals surface area contributed by atoms with Crippen LogP contribution in [0.4, 0.5) is 9.59 Å². The van der Waals surface area contributed by atoms with Crippen molar-refractivity contribution in [2.45, 2.75) is 53.1 Å². The number of benzene rings is 4. The second kappa shape index (κ2) is 17.2. The van der Waals surface area contributed by atoms with E-state index in [1.54, 1.807) is 6.07 Å². The molecule has 0 spiro atoms. The van der Waals surface area contributed by atoms with Crippen LogP contribution in [0.1, 0.15) is 43.5 Å². The second-order valence-corrected chi connectivity index (χ2v) is 10.7. The van der Waals surface area contributed by atoms with Crippen LogP contribution in [0.5, 0.6) is 23.0 Å². The fourth-order valence-electron chi connectivity index (χ4n) is 4.31. The minimum absolute atomic E-state index is 0. The van der Waals surface area contributed by atoms with Gasteiger partial charge < -0.3 is 39.8 Å². The molecule has 5 rings (SSSR count). The van der Waals surface area contributed by atoms with Crippen molar-refractivity contribution in [2.75, 3.05) is 13.1 Å². The zero-order valence-electron chi connectivity index (χ0n) is 25.3. The third kappa shape index (κ3) is 11.6. The second-order valence-electron chi connectivity index (χ2n) is 10.7. The van der Waals surface area contributed by atoms with Gasteiger partial charge in [-0.05, 0) is 59.4 Å². The molecule has 4 aromatic rings. The van der Waals surface area contributed by atoms with Gasteiger partial charge >= 0.3 is 12.2 Å². The van der Waals surface area contributed by atoms with E-state index in [0.717, 1.165) is 33.8 Å². The summed E-state index contributed by atoms with van der Waals surface area (Å²) in [4.78, 5) is 23.2. The quantitative estimate of drug-likeness (QED) is 0.140. The van der Waals surface area contributed by atoms with Crippen LogP contribution in [0.3, 0.4) is 0 Å². The van der Waals surface area contributed by atoms with Gasteiger partial charge in [0.2, 0.25) is 5.79 Å². The molecule has 1 aliphatic rings. The molecule has 46 heavy (non-hydrogen) atoms. The molecular formula is C36H42N2O8. The van der Waals surface area contributed by atoms with Gasteiger partial charge in [0, 0.05) is 26.9 Å². The Bertz CT molecular complexity index is 1540. The van der Waals surface area contributed by atoms with Gasteiger partial charge in [-0.1, -0.05) is 80.2 Å². The van der Waals surface area contributed by atoms with Crippen molar-refractivity contribution < 1.29 is 38.7 Å². The third-order valence-corrected chi connectivity index (χ3v) is 6.55. The summed E-state index contributed by atoms with van der Waals surface area (Å²) in [6.07, 6.45) is 0.328. The monoisotopic (exact) mass is 630 g/mol. The first-order valence-electron chi connectivity index (χ1n) is 14.6.